The monoisotopic (exact) mass is 255 g/mol. The van der Waals surface area contributed by atoms with Crippen LogP contribution in [0.1, 0.15) is 31.7 Å². The fourth-order valence-electron chi connectivity index (χ4n) is 1.92. The second kappa shape index (κ2) is 5.83. The molecule has 1 aliphatic rings. The number of hydrogen-bond donors (Lipinski definition) is 1. The molecule has 94 valence electrons. The lowest BCUT2D eigenvalue weighted by molar-refractivity contribution is 0.474. The molecular weight excluding hydrogens is 237 g/mol. The Bertz CT molecular complexity index is 356. The lowest BCUT2D eigenvalue weighted by Crippen LogP contribution is -2.23. The van der Waals surface area contributed by atoms with Crippen LogP contribution in [0.5, 0.6) is 0 Å². The van der Waals surface area contributed by atoms with Crippen molar-refractivity contribution in [2.75, 3.05) is 6.54 Å². The van der Waals surface area contributed by atoms with Crippen molar-refractivity contribution < 1.29 is 4.39 Å². The van der Waals surface area contributed by atoms with Gasteiger partial charge in [-0.2, -0.15) is 0 Å². The second-order valence-corrected chi connectivity index (χ2v) is 5.43. The Labute approximate surface area is 107 Å². The third-order valence-corrected chi connectivity index (χ3v) is 3.64. The minimum Gasteiger partial charge on any atom is -0.314 e. The first-order valence-corrected chi connectivity index (χ1v) is 6.71. The summed E-state index contributed by atoms with van der Waals surface area (Å²) in [6.45, 7) is 3.22. The summed E-state index contributed by atoms with van der Waals surface area (Å²) in [7, 11) is 0. The largest absolute Gasteiger partial charge is 0.314 e. The van der Waals surface area contributed by atoms with E-state index in [4.69, 9.17) is 11.6 Å². The van der Waals surface area contributed by atoms with E-state index in [2.05, 4.69) is 12.2 Å². The topological polar surface area (TPSA) is 12.0 Å². The van der Waals surface area contributed by atoms with Crippen LogP contribution in [0.4, 0.5) is 4.39 Å². The smallest absolute Gasteiger partial charge is 0.127 e. The molecule has 0 aliphatic heterocycles. The van der Waals surface area contributed by atoms with Crippen molar-refractivity contribution in [3.63, 3.8) is 0 Å². The summed E-state index contributed by atoms with van der Waals surface area (Å²) in [5.74, 6) is 0.381. The fraction of sp³-hybridized carbons (Fsp3) is 0.571. The van der Waals surface area contributed by atoms with Crippen molar-refractivity contribution in [1.29, 1.82) is 0 Å². The van der Waals surface area contributed by atoms with Gasteiger partial charge in [-0.05, 0) is 50.3 Å². The van der Waals surface area contributed by atoms with Gasteiger partial charge in [0.2, 0.25) is 0 Å². The molecule has 0 aromatic heterocycles. The van der Waals surface area contributed by atoms with Gasteiger partial charge in [-0.15, -0.1) is 0 Å². The van der Waals surface area contributed by atoms with Gasteiger partial charge in [0.25, 0.3) is 0 Å². The van der Waals surface area contributed by atoms with Crippen LogP contribution < -0.4 is 5.32 Å². The van der Waals surface area contributed by atoms with Gasteiger partial charge >= 0.3 is 0 Å². The first kappa shape index (κ1) is 12.8. The molecule has 1 nitrogen and oxygen atoms in total. The summed E-state index contributed by atoms with van der Waals surface area (Å²) in [4.78, 5) is 0. The third kappa shape index (κ3) is 3.97. The quantitative estimate of drug-likeness (QED) is 0.815. The number of hydrogen-bond acceptors (Lipinski definition) is 1. The average Bonchev–Trinajstić information content (AvgIpc) is 3.09. The molecule has 1 N–H and O–H groups in total. The van der Waals surface area contributed by atoms with Crippen LogP contribution in [-0.4, -0.2) is 12.6 Å². The van der Waals surface area contributed by atoms with Gasteiger partial charge in [0, 0.05) is 16.6 Å². The van der Waals surface area contributed by atoms with Gasteiger partial charge < -0.3 is 5.32 Å². The highest BCUT2D eigenvalue weighted by Crippen LogP contribution is 2.23. The summed E-state index contributed by atoms with van der Waals surface area (Å²) in [6, 6.07) is 5.63. The molecule has 0 heterocycles. The molecule has 1 saturated carbocycles. The number of halogens is 2. The van der Waals surface area contributed by atoms with E-state index in [1.165, 1.54) is 18.9 Å². The number of nitrogens with one attached hydrogen (secondary N) is 1. The standard InChI is InChI=1S/C14H19ClFN/c1-10(9-17-11-6-7-11)5-8-12-13(15)3-2-4-14(12)16/h2-4,10-11,17H,5-9H2,1H3. The Balaban J connectivity index is 1.79. The molecule has 0 radical (unpaired) electrons. The summed E-state index contributed by atoms with van der Waals surface area (Å²) in [6.07, 6.45) is 4.32. The lowest BCUT2D eigenvalue weighted by Gasteiger charge is -2.13. The molecule has 17 heavy (non-hydrogen) atoms. The normalized spacial score (nSPS) is 17.1. The zero-order chi connectivity index (χ0) is 12.3. The van der Waals surface area contributed by atoms with E-state index < -0.39 is 0 Å². The molecule has 0 amide bonds. The SMILES string of the molecule is CC(CCc1c(F)cccc1Cl)CNC1CC1. The maximum absolute atomic E-state index is 13.5. The molecule has 0 saturated heterocycles. The molecule has 0 spiro atoms. The van der Waals surface area contributed by atoms with Crippen LogP contribution in [0.15, 0.2) is 18.2 Å². The fourth-order valence-corrected chi connectivity index (χ4v) is 2.18. The van der Waals surface area contributed by atoms with Gasteiger partial charge in [0.05, 0.1) is 0 Å². The highest BCUT2D eigenvalue weighted by Gasteiger charge is 2.20. The highest BCUT2D eigenvalue weighted by molar-refractivity contribution is 6.31. The van der Waals surface area contributed by atoms with E-state index in [1.54, 1.807) is 12.1 Å². The van der Waals surface area contributed by atoms with Crippen LogP contribution >= 0.6 is 11.6 Å². The van der Waals surface area contributed by atoms with Gasteiger partial charge in [0.1, 0.15) is 5.82 Å². The van der Waals surface area contributed by atoms with Crippen LogP contribution in [-0.2, 0) is 6.42 Å². The predicted molar refractivity (Wildman–Crippen MR) is 69.9 cm³/mol. The first-order chi connectivity index (χ1) is 8.16. The van der Waals surface area contributed by atoms with Crippen molar-refractivity contribution in [3.05, 3.63) is 34.6 Å². The summed E-state index contributed by atoms with van der Waals surface area (Å²) in [5, 5.41) is 4.04. The van der Waals surface area contributed by atoms with Gasteiger partial charge in [-0.3, -0.25) is 0 Å². The summed E-state index contributed by atoms with van der Waals surface area (Å²) >= 11 is 5.99. The maximum atomic E-state index is 13.5. The van der Waals surface area contributed by atoms with Gasteiger partial charge in [-0.1, -0.05) is 24.6 Å². The van der Waals surface area contributed by atoms with E-state index in [0.717, 1.165) is 25.4 Å². The summed E-state index contributed by atoms with van der Waals surface area (Å²) < 4.78 is 13.5. The lowest BCUT2D eigenvalue weighted by atomic mass is 10.0. The van der Waals surface area contributed by atoms with Crippen LogP contribution in [0, 0.1) is 11.7 Å². The average molecular weight is 256 g/mol. The van der Waals surface area contributed by atoms with E-state index in [0.29, 0.717) is 16.5 Å². The molecule has 1 aromatic rings. The van der Waals surface area contributed by atoms with Gasteiger partial charge in [0.15, 0.2) is 0 Å². The van der Waals surface area contributed by atoms with E-state index in [9.17, 15) is 4.39 Å². The van der Waals surface area contributed by atoms with Crippen molar-refractivity contribution in [2.24, 2.45) is 5.92 Å². The first-order valence-electron chi connectivity index (χ1n) is 6.33. The van der Waals surface area contributed by atoms with Gasteiger partial charge in [-0.25, -0.2) is 4.39 Å². The molecule has 1 fully saturated rings. The Morgan fingerprint density at radius 2 is 2.24 bits per heavy atom. The Hall–Kier alpha value is -0.600. The minimum absolute atomic E-state index is 0.181. The molecule has 1 atom stereocenters. The molecule has 2 rings (SSSR count). The molecule has 0 bridgehead atoms. The van der Waals surface area contributed by atoms with E-state index in [-0.39, 0.29) is 5.82 Å². The zero-order valence-electron chi connectivity index (χ0n) is 10.2. The molecule has 1 aromatic carbocycles. The Morgan fingerprint density at radius 3 is 2.88 bits per heavy atom. The molecule has 1 unspecified atom stereocenters. The molecule has 1 aliphatic carbocycles. The molecular formula is C14H19ClFN. The number of benzene rings is 1. The minimum atomic E-state index is -0.181. The third-order valence-electron chi connectivity index (χ3n) is 3.28. The van der Waals surface area contributed by atoms with E-state index >= 15 is 0 Å². The van der Waals surface area contributed by atoms with Crippen LogP contribution in [0.2, 0.25) is 5.02 Å². The predicted octanol–water partition coefficient (Wildman–Crippen LogP) is 3.80. The van der Waals surface area contributed by atoms with Crippen molar-refractivity contribution in [2.45, 2.75) is 38.6 Å². The zero-order valence-corrected chi connectivity index (χ0v) is 10.9. The van der Waals surface area contributed by atoms with E-state index in [1.807, 2.05) is 0 Å². The Morgan fingerprint density at radius 1 is 1.47 bits per heavy atom. The van der Waals surface area contributed by atoms with Crippen molar-refractivity contribution in [3.8, 4) is 0 Å². The second-order valence-electron chi connectivity index (χ2n) is 5.03. The van der Waals surface area contributed by atoms with Crippen molar-refractivity contribution >= 4 is 11.6 Å². The summed E-state index contributed by atoms with van der Waals surface area (Å²) in [5.41, 5.74) is 0.660. The number of rotatable bonds is 6. The van der Waals surface area contributed by atoms with Crippen LogP contribution in [0.3, 0.4) is 0 Å². The maximum Gasteiger partial charge on any atom is 0.127 e. The van der Waals surface area contributed by atoms with Crippen LogP contribution in [0.25, 0.3) is 0 Å². The van der Waals surface area contributed by atoms with Crippen molar-refractivity contribution in [1.82, 2.24) is 5.32 Å². The Kier molecular flexibility index (Phi) is 4.41. The molecule has 3 heteroatoms. The highest BCUT2D eigenvalue weighted by atomic mass is 35.5.